The van der Waals surface area contributed by atoms with Crippen LogP contribution in [-0.2, 0) is 14.3 Å². The van der Waals surface area contributed by atoms with Crippen LogP contribution >= 0.6 is 0 Å². The second-order valence-corrected chi connectivity index (χ2v) is 15.1. The summed E-state index contributed by atoms with van der Waals surface area (Å²) in [5.74, 6) is 1.29. The highest BCUT2D eigenvalue weighted by Gasteiger charge is 2.75. The Morgan fingerprint density at radius 1 is 1.09 bits per heavy atom. The third-order valence-electron chi connectivity index (χ3n) is 10.9. The van der Waals surface area contributed by atoms with E-state index in [1.54, 1.807) is 19.2 Å². The Bertz CT molecular complexity index is 1710. The second kappa shape index (κ2) is 10.5. The number of phenolic OH excluding ortho intramolecular Hbond substituents is 1. The number of benzene rings is 2. The SMILES string of the molecule is C=C1C[C@H](c2ccccc2OC)CC2=C1[C@H](c1cccc(O)c1)C(C(=O)O[C@]1(C)C[C@H]3CC4(C(=C)OC(C)(C)C)C[C@@H]1N34)=C(C)N2. The highest BCUT2D eigenvalue weighted by atomic mass is 16.6. The van der Waals surface area contributed by atoms with Gasteiger partial charge in [-0.3, -0.25) is 4.90 Å². The van der Waals surface area contributed by atoms with Crippen LogP contribution in [0, 0.1) is 0 Å². The summed E-state index contributed by atoms with van der Waals surface area (Å²) in [5.41, 5.74) is 5.26. The topological polar surface area (TPSA) is 80.3 Å². The molecule has 6 atom stereocenters. The lowest BCUT2D eigenvalue weighted by molar-refractivity contribution is -0.201. The van der Waals surface area contributed by atoms with Crippen LogP contribution in [0.25, 0.3) is 0 Å². The average molecular weight is 623 g/mol. The lowest BCUT2D eigenvalue weighted by atomic mass is 9.66. The van der Waals surface area contributed by atoms with Gasteiger partial charge >= 0.3 is 5.97 Å². The third-order valence-corrected chi connectivity index (χ3v) is 10.9. The number of para-hydroxylation sites is 1. The van der Waals surface area contributed by atoms with Crippen molar-refractivity contribution in [1.82, 2.24) is 10.2 Å². The van der Waals surface area contributed by atoms with Crippen LogP contribution in [0.15, 0.2) is 95.6 Å². The smallest absolute Gasteiger partial charge is 0.337 e. The number of hydrogen-bond donors (Lipinski definition) is 2. The van der Waals surface area contributed by atoms with Crippen LogP contribution in [0.2, 0.25) is 0 Å². The van der Waals surface area contributed by atoms with Crippen LogP contribution in [0.5, 0.6) is 11.5 Å². The minimum atomic E-state index is -0.631. The van der Waals surface area contributed by atoms with Gasteiger partial charge in [0.25, 0.3) is 0 Å². The second-order valence-electron chi connectivity index (χ2n) is 15.1. The van der Waals surface area contributed by atoms with Gasteiger partial charge in [0, 0.05) is 29.8 Å². The number of hydrogen-bond acceptors (Lipinski definition) is 7. The number of aromatic hydroxyl groups is 1. The summed E-state index contributed by atoms with van der Waals surface area (Å²) in [6.45, 7) is 19.1. The van der Waals surface area contributed by atoms with Crippen molar-refractivity contribution in [3.63, 3.8) is 0 Å². The molecular formula is C39H46N2O5. The highest BCUT2D eigenvalue weighted by Crippen LogP contribution is 2.65. The number of esters is 1. The Hall–Kier alpha value is -3.97. The fraction of sp³-hybridized carbons (Fsp3) is 0.462. The van der Waals surface area contributed by atoms with E-state index in [-0.39, 0.29) is 34.8 Å². The Kier molecular flexibility index (Phi) is 7.02. The minimum absolute atomic E-state index is 0.119. The molecule has 242 valence electrons. The van der Waals surface area contributed by atoms with E-state index in [2.05, 4.69) is 57.1 Å². The van der Waals surface area contributed by atoms with Gasteiger partial charge in [-0.15, -0.1) is 0 Å². The number of phenols is 1. The van der Waals surface area contributed by atoms with Crippen molar-refractivity contribution < 1.29 is 24.1 Å². The number of ether oxygens (including phenoxy) is 3. The molecule has 0 amide bonds. The maximum Gasteiger partial charge on any atom is 0.337 e. The molecule has 7 nitrogen and oxygen atoms in total. The number of dihydropyridines is 1. The van der Waals surface area contributed by atoms with Crippen molar-refractivity contribution in [2.45, 2.75) is 107 Å². The van der Waals surface area contributed by atoms with E-state index in [0.29, 0.717) is 11.6 Å². The van der Waals surface area contributed by atoms with Crippen molar-refractivity contribution in [2.75, 3.05) is 7.11 Å². The number of carbonyl (C=O) groups excluding carboxylic acids is 1. The van der Waals surface area contributed by atoms with E-state index in [0.717, 1.165) is 77.3 Å². The summed E-state index contributed by atoms with van der Waals surface area (Å²) in [5, 5.41) is 14.2. The zero-order valence-corrected chi connectivity index (χ0v) is 27.9. The molecule has 0 bridgehead atoms. The molecule has 3 fully saturated rings. The molecular weight excluding hydrogens is 576 g/mol. The summed E-state index contributed by atoms with van der Waals surface area (Å²) >= 11 is 0. The molecule has 4 aliphatic heterocycles. The number of piperidine rings is 1. The molecule has 1 unspecified atom stereocenters. The van der Waals surface area contributed by atoms with Crippen LogP contribution in [-0.4, -0.2) is 51.9 Å². The summed E-state index contributed by atoms with van der Waals surface area (Å²) in [6, 6.07) is 15.8. The number of nitrogens with one attached hydrogen (secondary N) is 1. The molecule has 7 rings (SSSR count). The average Bonchev–Trinajstić information content (AvgIpc) is 3.05. The zero-order valence-electron chi connectivity index (χ0n) is 27.9. The minimum Gasteiger partial charge on any atom is -0.508 e. The van der Waals surface area contributed by atoms with Crippen LogP contribution in [0.4, 0.5) is 0 Å². The lowest BCUT2D eigenvalue weighted by Gasteiger charge is -2.67. The zero-order chi connectivity index (χ0) is 32.8. The first-order valence-electron chi connectivity index (χ1n) is 16.5. The third kappa shape index (κ3) is 4.69. The summed E-state index contributed by atoms with van der Waals surface area (Å²) in [6.07, 6.45) is 4.11. The van der Waals surface area contributed by atoms with Gasteiger partial charge in [0.2, 0.25) is 0 Å². The fourth-order valence-corrected chi connectivity index (χ4v) is 9.11. The standard InChI is InChI=1S/C39H46N2O5/c1-22-16-26(29-14-9-10-15-31(29)44-8)18-30-33(22)35(25-12-11-13-28(42)17-25)34(23(2)40-30)36(43)46-38(7)19-27-20-39(21-32(38)41(27)39)24(3)45-37(4,5)6/h9-15,17,26-27,32,35,40,42H,1,3,16,18-21H2,2,4-8H3/t26-,27-,32-,35-,38+,39?/m0/s1. The van der Waals surface area contributed by atoms with Crippen LogP contribution in [0.3, 0.4) is 0 Å². The highest BCUT2D eigenvalue weighted by molar-refractivity contribution is 5.93. The molecule has 0 saturated carbocycles. The number of methoxy groups -OCH3 is 1. The molecule has 5 aliphatic rings. The summed E-state index contributed by atoms with van der Waals surface area (Å²) < 4.78 is 18.5. The van der Waals surface area contributed by atoms with E-state index in [1.807, 2.05) is 37.3 Å². The van der Waals surface area contributed by atoms with Crippen molar-refractivity contribution in [1.29, 1.82) is 0 Å². The molecule has 7 heteroatoms. The van der Waals surface area contributed by atoms with Crippen LogP contribution in [0.1, 0.15) is 89.7 Å². The van der Waals surface area contributed by atoms with Crippen molar-refractivity contribution in [3.05, 3.63) is 107 Å². The van der Waals surface area contributed by atoms with Gasteiger partial charge in [-0.2, -0.15) is 0 Å². The lowest BCUT2D eigenvalue weighted by Crippen LogP contribution is -2.77. The predicted octanol–water partition coefficient (Wildman–Crippen LogP) is 7.37. The molecule has 2 aromatic rings. The van der Waals surface area contributed by atoms with Gasteiger partial charge in [-0.1, -0.05) is 43.5 Å². The maximum absolute atomic E-state index is 14.5. The Balaban J connectivity index is 1.19. The molecule has 0 aromatic heterocycles. The van der Waals surface area contributed by atoms with Gasteiger partial charge in [0.1, 0.15) is 28.5 Å². The molecule has 2 aromatic carbocycles. The quantitative estimate of drug-likeness (QED) is 0.247. The van der Waals surface area contributed by atoms with Gasteiger partial charge in [-0.05, 0) is 107 Å². The molecule has 0 radical (unpaired) electrons. The molecule has 2 N–H and O–H groups in total. The first-order valence-corrected chi connectivity index (χ1v) is 16.5. The number of allylic oxidation sites excluding steroid dienone is 4. The largest absolute Gasteiger partial charge is 0.508 e. The number of rotatable bonds is 7. The summed E-state index contributed by atoms with van der Waals surface area (Å²) in [4.78, 5) is 16.9. The Morgan fingerprint density at radius 2 is 1.85 bits per heavy atom. The molecule has 0 spiro atoms. The van der Waals surface area contributed by atoms with Gasteiger partial charge in [0.15, 0.2) is 0 Å². The van der Waals surface area contributed by atoms with Crippen molar-refractivity contribution >= 4 is 5.97 Å². The number of nitrogens with zero attached hydrogens (tertiary/aromatic N) is 1. The van der Waals surface area contributed by atoms with Gasteiger partial charge < -0.3 is 24.6 Å². The van der Waals surface area contributed by atoms with Crippen LogP contribution < -0.4 is 10.1 Å². The Morgan fingerprint density at radius 3 is 2.57 bits per heavy atom. The Labute approximate surface area is 272 Å². The van der Waals surface area contributed by atoms with E-state index in [1.165, 1.54) is 0 Å². The monoisotopic (exact) mass is 622 g/mol. The van der Waals surface area contributed by atoms with E-state index in [9.17, 15) is 9.90 Å². The molecule has 46 heavy (non-hydrogen) atoms. The first-order chi connectivity index (χ1) is 21.7. The van der Waals surface area contributed by atoms with E-state index >= 15 is 0 Å². The van der Waals surface area contributed by atoms with Crippen molar-refractivity contribution in [2.24, 2.45) is 0 Å². The van der Waals surface area contributed by atoms with Crippen molar-refractivity contribution in [3.8, 4) is 11.5 Å². The predicted molar refractivity (Wildman–Crippen MR) is 178 cm³/mol. The molecule has 3 saturated heterocycles. The number of carbonyl (C=O) groups is 1. The molecule has 1 aliphatic carbocycles. The van der Waals surface area contributed by atoms with Gasteiger partial charge in [0.05, 0.1) is 24.3 Å². The molecule has 4 heterocycles. The normalized spacial score (nSPS) is 31.7. The summed E-state index contributed by atoms with van der Waals surface area (Å²) in [7, 11) is 1.70. The first kappa shape index (κ1) is 30.7. The van der Waals surface area contributed by atoms with E-state index in [4.69, 9.17) is 14.2 Å². The van der Waals surface area contributed by atoms with Gasteiger partial charge in [-0.25, -0.2) is 4.79 Å². The maximum atomic E-state index is 14.5. The van der Waals surface area contributed by atoms with E-state index < -0.39 is 11.5 Å². The fourth-order valence-electron chi connectivity index (χ4n) is 9.11.